The monoisotopic (exact) mass is 238 g/mol. The molecule has 1 aromatic carbocycles. The highest BCUT2D eigenvalue weighted by Crippen LogP contribution is 2.38. The summed E-state index contributed by atoms with van der Waals surface area (Å²) in [6, 6.07) is 9.48. The first-order valence-corrected chi connectivity index (χ1v) is 6.18. The summed E-state index contributed by atoms with van der Waals surface area (Å²) in [6.07, 6.45) is 4.22. The van der Waals surface area contributed by atoms with Crippen LogP contribution in [-0.2, 0) is 0 Å². The van der Waals surface area contributed by atoms with Crippen LogP contribution < -0.4 is 0 Å². The number of benzene rings is 1. The second-order valence-corrected chi connectivity index (χ2v) is 4.71. The minimum atomic E-state index is 0.0860. The average Bonchev–Trinajstić information content (AvgIpc) is 3.23. The van der Waals surface area contributed by atoms with Gasteiger partial charge in [-0.1, -0.05) is 24.3 Å². The van der Waals surface area contributed by atoms with Gasteiger partial charge in [0.15, 0.2) is 5.78 Å². The molecule has 0 spiro atoms. The molecule has 1 aliphatic rings. The third-order valence-electron chi connectivity index (χ3n) is 3.20. The SMILES string of the molecule is CC(=O)c1ccc(-c2ccnc(C3CC3)n2)cc1. The van der Waals surface area contributed by atoms with Gasteiger partial charge >= 0.3 is 0 Å². The van der Waals surface area contributed by atoms with E-state index in [-0.39, 0.29) is 5.78 Å². The van der Waals surface area contributed by atoms with Crippen molar-refractivity contribution in [2.75, 3.05) is 0 Å². The molecule has 0 radical (unpaired) electrons. The van der Waals surface area contributed by atoms with Gasteiger partial charge in [0.2, 0.25) is 0 Å². The summed E-state index contributed by atoms with van der Waals surface area (Å²) in [5, 5.41) is 0. The fourth-order valence-electron chi connectivity index (χ4n) is 1.95. The standard InChI is InChI=1S/C15H14N2O/c1-10(18)11-2-4-12(5-3-11)14-8-9-16-15(17-14)13-6-7-13/h2-5,8-9,13H,6-7H2,1H3. The van der Waals surface area contributed by atoms with Crippen LogP contribution in [0.2, 0.25) is 0 Å². The minimum Gasteiger partial charge on any atom is -0.295 e. The molecule has 0 amide bonds. The number of aromatic nitrogens is 2. The Morgan fingerprint density at radius 2 is 1.89 bits per heavy atom. The number of ketones is 1. The van der Waals surface area contributed by atoms with Crippen molar-refractivity contribution in [2.45, 2.75) is 25.7 Å². The Morgan fingerprint density at radius 1 is 1.17 bits per heavy atom. The van der Waals surface area contributed by atoms with E-state index in [0.29, 0.717) is 5.92 Å². The van der Waals surface area contributed by atoms with E-state index < -0.39 is 0 Å². The molecule has 1 aliphatic carbocycles. The zero-order valence-corrected chi connectivity index (χ0v) is 10.3. The van der Waals surface area contributed by atoms with Gasteiger partial charge in [-0.05, 0) is 25.8 Å². The van der Waals surface area contributed by atoms with E-state index in [1.165, 1.54) is 12.8 Å². The third-order valence-corrected chi connectivity index (χ3v) is 3.20. The Morgan fingerprint density at radius 3 is 2.50 bits per heavy atom. The lowest BCUT2D eigenvalue weighted by Crippen LogP contribution is -1.95. The Bertz CT molecular complexity index is 586. The van der Waals surface area contributed by atoms with Crippen LogP contribution in [0.3, 0.4) is 0 Å². The molecule has 0 N–H and O–H groups in total. The topological polar surface area (TPSA) is 42.9 Å². The normalized spacial score (nSPS) is 14.5. The highest BCUT2D eigenvalue weighted by molar-refractivity contribution is 5.94. The quantitative estimate of drug-likeness (QED) is 0.771. The number of hydrogen-bond donors (Lipinski definition) is 0. The van der Waals surface area contributed by atoms with E-state index in [1.54, 1.807) is 6.92 Å². The summed E-state index contributed by atoms with van der Waals surface area (Å²) < 4.78 is 0. The zero-order valence-electron chi connectivity index (χ0n) is 10.3. The number of carbonyl (C=O) groups excluding carboxylic acids is 1. The number of carbonyl (C=O) groups is 1. The lowest BCUT2D eigenvalue weighted by molar-refractivity contribution is 0.101. The van der Waals surface area contributed by atoms with Crippen molar-refractivity contribution in [3.05, 3.63) is 47.9 Å². The third kappa shape index (κ3) is 2.16. The molecule has 3 heteroatoms. The van der Waals surface area contributed by atoms with Gasteiger partial charge in [0.25, 0.3) is 0 Å². The fraction of sp³-hybridized carbons (Fsp3) is 0.267. The lowest BCUT2D eigenvalue weighted by Gasteiger charge is -2.03. The van der Waals surface area contributed by atoms with Crippen molar-refractivity contribution in [3.63, 3.8) is 0 Å². The van der Waals surface area contributed by atoms with Crippen LogP contribution in [0.5, 0.6) is 0 Å². The van der Waals surface area contributed by atoms with Crippen LogP contribution in [0.15, 0.2) is 36.5 Å². The summed E-state index contributed by atoms with van der Waals surface area (Å²) in [5.41, 5.74) is 2.70. The molecule has 0 atom stereocenters. The average molecular weight is 238 g/mol. The van der Waals surface area contributed by atoms with Gasteiger partial charge in [-0.2, -0.15) is 0 Å². The van der Waals surface area contributed by atoms with Gasteiger partial charge in [-0.15, -0.1) is 0 Å². The molecule has 0 unspecified atom stereocenters. The minimum absolute atomic E-state index is 0.0860. The maximum Gasteiger partial charge on any atom is 0.159 e. The second-order valence-electron chi connectivity index (χ2n) is 4.71. The molecular formula is C15H14N2O. The molecule has 0 bridgehead atoms. The van der Waals surface area contributed by atoms with Gasteiger partial charge in [-0.25, -0.2) is 9.97 Å². The lowest BCUT2D eigenvalue weighted by atomic mass is 10.1. The fourth-order valence-corrected chi connectivity index (χ4v) is 1.95. The van der Waals surface area contributed by atoms with Crippen molar-refractivity contribution in [1.29, 1.82) is 0 Å². The van der Waals surface area contributed by atoms with Crippen molar-refractivity contribution >= 4 is 5.78 Å². The molecule has 90 valence electrons. The highest BCUT2D eigenvalue weighted by Gasteiger charge is 2.26. The molecule has 0 saturated heterocycles. The number of Topliss-reactive ketones (excluding diaryl/α,β-unsaturated/α-hetero) is 1. The van der Waals surface area contributed by atoms with Crippen molar-refractivity contribution in [3.8, 4) is 11.3 Å². The van der Waals surface area contributed by atoms with Gasteiger partial charge in [0.05, 0.1) is 5.69 Å². The van der Waals surface area contributed by atoms with E-state index in [4.69, 9.17) is 0 Å². The van der Waals surface area contributed by atoms with Crippen LogP contribution in [0.25, 0.3) is 11.3 Å². The number of nitrogens with zero attached hydrogens (tertiary/aromatic N) is 2. The molecule has 1 saturated carbocycles. The molecular weight excluding hydrogens is 224 g/mol. The molecule has 1 aromatic heterocycles. The van der Waals surface area contributed by atoms with Gasteiger partial charge in [-0.3, -0.25) is 4.79 Å². The largest absolute Gasteiger partial charge is 0.295 e. The Kier molecular flexibility index (Phi) is 2.67. The van der Waals surface area contributed by atoms with E-state index in [1.807, 2.05) is 36.5 Å². The van der Waals surface area contributed by atoms with Crippen LogP contribution in [0.4, 0.5) is 0 Å². The maximum atomic E-state index is 11.2. The van der Waals surface area contributed by atoms with Crippen molar-refractivity contribution in [1.82, 2.24) is 9.97 Å². The van der Waals surface area contributed by atoms with Crippen LogP contribution in [0, 0.1) is 0 Å². The van der Waals surface area contributed by atoms with Crippen LogP contribution in [0.1, 0.15) is 41.9 Å². The first-order chi connectivity index (χ1) is 8.74. The number of hydrogen-bond acceptors (Lipinski definition) is 3. The predicted molar refractivity (Wildman–Crippen MR) is 69.4 cm³/mol. The summed E-state index contributed by atoms with van der Waals surface area (Å²) >= 11 is 0. The van der Waals surface area contributed by atoms with Crippen molar-refractivity contribution < 1.29 is 4.79 Å². The molecule has 3 rings (SSSR count). The maximum absolute atomic E-state index is 11.2. The Balaban J connectivity index is 1.93. The molecule has 2 aromatic rings. The van der Waals surface area contributed by atoms with Gasteiger partial charge in [0, 0.05) is 23.2 Å². The van der Waals surface area contributed by atoms with E-state index in [2.05, 4.69) is 9.97 Å². The summed E-state index contributed by atoms with van der Waals surface area (Å²) in [5.74, 6) is 1.59. The summed E-state index contributed by atoms with van der Waals surface area (Å²) in [6.45, 7) is 1.57. The van der Waals surface area contributed by atoms with E-state index in [9.17, 15) is 4.79 Å². The molecule has 1 fully saturated rings. The summed E-state index contributed by atoms with van der Waals surface area (Å²) in [7, 11) is 0. The Hall–Kier alpha value is -2.03. The predicted octanol–water partition coefficient (Wildman–Crippen LogP) is 3.22. The van der Waals surface area contributed by atoms with E-state index >= 15 is 0 Å². The number of rotatable bonds is 3. The van der Waals surface area contributed by atoms with Gasteiger partial charge < -0.3 is 0 Å². The first kappa shape index (κ1) is 11.1. The smallest absolute Gasteiger partial charge is 0.159 e. The van der Waals surface area contributed by atoms with E-state index in [0.717, 1.165) is 22.6 Å². The second kappa shape index (κ2) is 4.33. The summed E-state index contributed by atoms with van der Waals surface area (Å²) in [4.78, 5) is 20.1. The highest BCUT2D eigenvalue weighted by atomic mass is 16.1. The van der Waals surface area contributed by atoms with Crippen LogP contribution in [-0.4, -0.2) is 15.8 Å². The van der Waals surface area contributed by atoms with Gasteiger partial charge in [0.1, 0.15) is 5.82 Å². The Labute approximate surface area is 106 Å². The molecule has 1 heterocycles. The van der Waals surface area contributed by atoms with Crippen LogP contribution >= 0.6 is 0 Å². The first-order valence-electron chi connectivity index (χ1n) is 6.18. The molecule has 3 nitrogen and oxygen atoms in total. The van der Waals surface area contributed by atoms with Crippen molar-refractivity contribution in [2.24, 2.45) is 0 Å². The molecule has 0 aliphatic heterocycles. The zero-order chi connectivity index (χ0) is 12.5. The molecule has 18 heavy (non-hydrogen) atoms.